The number of aryl methyl sites for hydroxylation is 1. The molecule has 1 aromatic heterocycles. The minimum atomic E-state index is -4.76. The number of ether oxygens (including phenoxy) is 1. The second-order valence-electron chi connectivity index (χ2n) is 12.4. The average molecular weight is 665 g/mol. The number of aromatic nitrogens is 3. The molecule has 2 heterocycles. The van der Waals surface area contributed by atoms with Gasteiger partial charge in [0, 0.05) is 12.1 Å². The number of alkyl halides is 3. The van der Waals surface area contributed by atoms with Crippen molar-refractivity contribution in [2.24, 2.45) is 10.4 Å². The number of anilines is 1. The second-order valence-corrected chi connectivity index (χ2v) is 13.3. The highest BCUT2D eigenvalue weighted by atomic mass is 32.2. The Bertz CT molecular complexity index is 1780. The number of urea groups is 1. The first-order valence-electron chi connectivity index (χ1n) is 15.0. The van der Waals surface area contributed by atoms with Gasteiger partial charge in [-0.2, -0.15) is 4.99 Å². The standard InChI is InChI=1S/C34H35F3N6O3S/c1-21(2)27-15-6-22(3)16-28(27)43-29(44)18-47-32(43)40-31(45)38-19-33(4,5)17-23-7-9-24(10-8-23)30-39-20-42(41-30)25-11-13-26(14-12-25)46-34(35,36)37/h6-16,20-21H,17-19H2,1-5H3,(H,38,45). The van der Waals surface area contributed by atoms with Crippen molar-refractivity contribution in [3.63, 3.8) is 0 Å². The molecule has 4 aromatic rings. The van der Waals surface area contributed by atoms with Gasteiger partial charge in [0.15, 0.2) is 11.0 Å². The van der Waals surface area contributed by atoms with Crippen molar-refractivity contribution in [3.8, 4) is 22.8 Å². The zero-order valence-electron chi connectivity index (χ0n) is 26.6. The van der Waals surface area contributed by atoms with E-state index in [2.05, 4.69) is 39.0 Å². The highest BCUT2D eigenvalue weighted by Crippen LogP contribution is 2.34. The summed E-state index contributed by atoms with van der Waals surface area (Å²) in [4.78, 5) is 36.0. The molecule has 5 rings (SSSR count). The maximum Gasteiger partial charge on any atom is 0.573 e. The van der Waals surface area contributed by atoms with Crippen LogP contribution in [0, 0.1) is 12.3 Å². The van der Waals surface area contributed by atoms with Gasteiger partial charge in [0.1, 0.15) is 12.1 Å². The van der Waals surface area contributed by atoms with E-state index >= 15 is 0 Å². The number of rotatable bonds is 9. The summed E-state index contributed by atoms with van der Waals surface area (Å²) in [5.74, 6) is 0.457. The Hall–Kier alpha value is -4.65. The summed E-state index contributed by atoms with van der Waals surface area (Å²) in [6, 6.07) is 18.6. The number of nitrogens with zero attached hydrogens (tertiary/aromatic N) is 5. The zero-order valence-corrected chi connectivity index (χ0v) is 27.4. The molecule has 47 heavy (non-hydrogen) atoms. The fourth-order valence-electron chi connectivity index (χ4n) is 5.17. The zero-order chi connectivity index (χ0) is 33.9. The monoisotopic (exact) mass is 664 g/mol. The van der Waals surface area contributed by atoms with Crippen LogP contribution in [0.5, 0.6) is 5.75 Å². The molecule has 1 aliphatic heterocycles. The molecule has 3 aromatic carbocycles. The fourth-order valence-corrected chi connectivity index (χ4v) is 6.02. The van der Waals surface area contributed by atoms with E-state index in [0.29, 0.717) is 29.6 Å². The van der Waals surface area contributed by atoms with Crippen LogP contribution < -0.4 is 15.0 Å². The molecule has 1 fully saturated rings. The van der Waals surface area contributed by atoms with Crippen molar-refractivity contribution >= 4 is 34.6 Å². The van der Waals surface area contributed by atoms with Crippen molar-refractivity contribution in [2.75, 3.05) is 17.2 Å². The van der Waals surface area contributed by atoms with E-state index in [1.54, 1.807) is 4.90 Å². The molecule has 0 unspecified atom stereocenters. The summed E-state index contributed by atoms with van der Waals surface area (Å²) in [6.45, 7) is 10.6. The first-order chi connectivity index (χ1) is 22.2. The number of hydrogen-bond donors (Lipinski definition) is 1. The van der Waals surface area contributed by atoms with Gasteiger partial charge in [0.05, 0.1) is 17.1 Å². The summed E-state index contributed by atoms with van der Waals surface area (Å²) in [7, 11) is 0. The molecule has 0 atom stereocenters. The highest BCUT2D eigenvalue weighted by Gasteiger charge is 2.33. The predicted octanol–water partition coefficient (Wildman–Crippen LogP) is 7.68. The van der Waals surface area contributed by atoms with E-state index in [0.717, 1.165) is 27.9 Å². The van der Waals surface area contributed by atoms with Gasteiger partial charge in [0.2, 0.25) is 5.91 Å². The van der Waals surface area contributed by atoms with Crippen LogP contribution in [0.1, 0.15) is 50.3 Å². The number of nitrogens with one attached hydrogen (secondary N) is 1. The Balaban J connectivity index is 1.19. The van der Waals surface area contributed by atoms with Crippen LogP contribution >= 0.6 is 11.8 Å². The molecule has 3 amide bonds. The van der Waals surface area contributed by atoms with E-state index in [4.69, 9.17) is 0 Å². The van der Waals surface area contributed by atoms with Crippen LogP contribution in [0.2, 0.25) is 0 Å². The molecule has 1 saturated heterocycles. The molecule has 13 heteroatoms. The van der Waals surface area contributed by atoms with Crippen molar-refractivity contribution in [1.82, 2.24) is 20.1 Å². The summed E-state index contributed by atoms with van der Waals surface area (Å²) in [5.41, 5.74) is 4.84. The Kier molecular flexibility index (Phi) is 9.76. The molecule has 0 bridgehead atoms. The molecule has 0 spiro atoms. The van der Waals surface area contributed by atoms with Gasteiger partial charge in [-0.1, -0.05) is 75.9 Å². The normalized spacial score (nSPS) is 14.7. The maximum atomic E-state index is 12.9. The summed E-state index contributed by atoms with van der Waals surface area (Å²) in [6.07, 6.45) is -2.61. The lowest BCUT2D eigenvalue weighted by molar-refractivity contribution is -0.274. The topological polar surface area (TPSA) is 102 Å². The molecule has 246 valence electrons. The van der Waals surface area contributed by atoms with Gasteiger partial charge in [-0.25, -0.2) is 14.5 Å². The van der Waals surface area contributed by atoms with Gasteiger partial charge in [-0.3, -0.25) is 9.69 Å². The van der Waals surface area contributed by atoms with Gasteiger partial charge in [-0.05, 0) is 71.7 Å². The third kappa shape index (κ3) is 8.59. The van der Waals surface area contributed by atoms with E-state index in [9.17, 15) is 22.8 Å². The minimum Gasteiger partial charge on any atom is -0.406 e. The lowest BCUT2D eigenvalue weighted by Crippen LogP contribution is -2.36. The number of benzene rings is 3. The van der Waals surface area contributed by atoms with Gasteiger partial charge in [-0.15, -0.1) is 18.3 Å². The molecule has 0 radical (unpaired) electrons. The quantitative estimate of drug-likeness (QED) is 0.197. The summed E-state index contributed by atoms with van der Waals surface area (Å²) >= 11 is 1.26. The Morgan fingerprint density at radius 2 is 1.77 bits per heavy atom. The number of carbonyl (C=O) groups is 2. The molecule has 0 saturated carbocycles. The number of thioether (sulfide) groups is 1. The van der Waals surface area contributed by atoms with E-state index in [1.165, 1.54) is 47.0 Å². The first-order valence-corrected chi connectivity index (χ1v) is 16.0. The Labute approximate surface area is 275 Å². The lowest BCUT2D eigenvalue weighted by Gasteiger charge is -2.25. The Morgan fingerprint density at radius 3 is 2.43 bits per heavy atom. The number of amides is 3. The lowest BCUT2D eigenvalue weighted by atomic mass is 9.85. The largest absolute Gasteiger partial charge is 0.573 e. The summed E-state index contributed by atoms with van der Waals surface area (Å²) < 4.78 is 42.7. The van der Waals surface area contributed by atoms with Crippen LogP contribution in [-0.2, 0) is 11.2 Å². The molecule has 1 N–H and O–H groups in total. The van der Waals surface area contributed by atoms with E-state index in [1.807, 2.05) is 63.2 Å². The number of carbonyl (C=O) groups excluding carboxylic acids is 2. The smallest absolute Gasteiger partial charge is 0.406 e. The molecule has 9 nitrogen and oxygen atoms in total. The van der Waals surface area contributed by atoms with Crippen LogP contribution in [0.3, 0.4) is 0 Å². The fraction of sp³-hybridized carbons (Fsp3) is 0.324. The van der Waals surface area contributed by atoms with Crippen molar-refractivity contribution in [2.45, 2.75) is 53.3 Å². The summed E-state index contributed by atoms with van der Waals surface area (Å²) in [5, 5.41) is 7.74. The molecular weight excluding hydrogens is 629 g/mol. The Morgan fingerprint density at radius 1 is 1.06 bits per heavy atom. The van der Waals surface area contributed by atoms with E-state index in [-0.39, 0.29) is 28.7 Å². The average Bonchev–Trinajstić information content (AvgIpc) is 3.63. The van der Waals surface area contributed by atoms with Crippen LogP contribution in [-0.4, -0.2) is 50.5 Å². The first kappa shape index (κ1) is 33.7. The highest BCUT2D eigenvalue weighted by molar-refractivity contribution is 8.15. The molecule has 0 aliphatic carbocycles. The van der Waals surface area contributed by atoms with E-state index < -0.39 is 12.4 Å². The van der Waals surface area contributed by atoms with Gasteiger partial charge < -0.3 is 10.1 Å². The number of amidine groups is 1. The van der Waals surface area contributed by atoms with Crippen LogP contribution in [0.4, 0.5) is 23.7 Å². The maximum absolute atomic E-state index is 12.9. The third-order valence-electron chi connectivity index (χ3n) is 7.45. The van der Waals surface area contributed by atoms with Crippen molar-refractivity contribution in [3.05, 3.63) is 89.7 Å². The second kappa shape index (κ2) is 13.6. The van der Waals surface area contributed by atoms with Gasteiger partial charge >= 0.3 is 12.4 Å². The van der Waals surface area contributed by atoms with Crippen LogP contribution in [0.15, 0.2) is 78.0 Å². The number of halogens is 3. The van der Waals surface area contributed by atoms with Gasteiger partial charge in [0.25, 0.3) is 0 Å². The van der Waals surface area contributed by atoms with Crippen molar-refractivity contribution in [1.29, 1.82) is 0 Å². The van der Waals surface area contributed by atoms with Crippen molar-refractivity contribution < 1.29 is 27.5 Å². The number of hydrogen-bond acceptors (Lipinski definition) is 6. The predicted molar refractivity (Wildman–Crippen MR) is 177 cm³/mol. The minimum absolute atomic E-state index is 0.103. The third-order valence-corrected chi connectivity index (χ3v) is 8.37. The van der Waals surface area contributed by atoms with Crippen LogP contribution in [0.25, 0.3) is 17.1 Å². The molecule has 1 aliphatic rings. The number of aliphatic imine (C=N–C) groups is 1. The SMILES string of the molecule is Cc1ccc(C(C)C)c(N2C(=O)CSC2=NC(=O)NCC(C)(C)Cc2ccc(-c3ncn(-c4ccc(OC(F)(F)F)cc4)n3)cc2)c1. The molecular formula is C34H35F3N6O3S.